The predicted octanol–water partition coefficient (Wildman–Crippen LogP) is 3.86. The normalized spacial score (nSPS) is 13.1. The molecule has 2 aromatic carbocycles. The van der Waals surface area contributed by atoms with Crippen molar-refractivity contribution in [1.82, 2.24) is 5.32 Å². The summed E-state index contributed by atoms with van der Waals surface area (Å²) < 4.78 is 5.18. The summed E-state index contributed by atoms with van der Waals surface area (Å²) in [6.45, 7) is 4.34. The maximum atomic E-state index is 10.8. The molecule has 5 heteroatoms. The summed E-state index contributed by atoms with van der Waals surface area (Å²) in [5, 5.41) is 6.18. The Bertz CT molecular complexity index is 668. The summed E-state index contributed by atoms with van der Waals surface area (Å²) in [6.07, 6.45) is 2.07. The molecule has 4 N–H and O–H groups in total. The molecule has 2 aromatic rings. The number of nitrogens with two attached hydrogens (primary N) is 1. The minimum absolute atomic E-state index is 0.230. The highest BCUT2D eigenvalue weighted by molar-refractivity contribution is 5.87. The monoisotopic (exact) mass is 341 g/mol. The average Bonchev–Trinajstić information content (AvgIpc) is 2.60. The standard InChI is InChI=1S/C20H27N3O2/c1-14(4-5-16-6-12-19(25-3)13-7-16)22-15(2)17-8-10-18(11-9-17)23-20(21)24/h6-15,22H,4-5H2,1-3H3,(H3,21,23,24). The Labute approximate surface area is 149 Å². The smallest absolute Gasteiger partial charge is 0.316 e. The number of anilines is 1. The summed E-state index contributed by atoms with van der Waals surface area (Å²) in [5.74, 6) is 0.887. The van der Waals surface area contributed by atoms with Crippen LogP contribution in [0.25, 0.3) is 0 Å². The minimum atomic E-state index is -0.550. The molecule has 0 fully saturated rings. The second-order valence-electron chi connectivity index (χ2n) is 6.29. The number of carbonyl (C=O) groups excluding carboxylic acids is 1. The number of rotatable bonds is 8. The van der Waals surface area contributed by atoms with Crippen molar-refractivity contribution in [2.24, 2.45) is 5.73 Å². The van der Waals surface area contributed by atoms with Crippen LogP contribution in [0.4, 0.5) is 10.5 Å². The highest BCUT2D eigenvalue weighted by Gasteiger charge is 2.10. The second-order valence-corrected chi connectivity index (χ2v) is 6.29. The maximum Gasteiger partial charge on any atom is 0.316 e. The van der Waals surface area contributed by atoms with E-state index in [-0.39, 0.29) is 6.04 Å². The van der Waals surface area contributed by atoms with Gasteiger partial charge in [0.05, 0.1) is 7.11 Å². The largest absolute Gasteiger partial charge is 0.497 e. The molecule has 2 amide bonds. The van der Waals surface area contributed by atoms with Crippen LogP contribution in [0.15, 0.2) is 48.5 Å². The molecule has 0 radical (unpaired) electrons. The van der Waals surface area contributed by atoms with Crippen LogP contribution in [-0.2, 0) is 6.42 Å². The average molecular weight is 341 g/mol. The lowest BCUT2D eigenvalue weighted by atomic mass is 10.0. The van der Waals surface area contributed by atoms with E-state index in [1.165, 1.54) is 11.1 Å². The molecule has 2 unspecified atom stereocenters. The highest BCUT2D eigenvalue weighted by Crippen LogP contribution is 2.18. The SMILES string of the molecule is COc1ccc(CCC(C)NC(C)c2ccc(NC(N)=O)cc2)cc1. The van der Waals surface area contributed by atoms with Crippen molar-refractivity contribution >= 4 is 11.7 Å². The zero-order valence-electron chi connectivity index (χ0n) is 15.1. The van der Waals surface area contributed by atoms with Crippen LogP contribution >= 0.6 is 0 Å². The van der Waals surface area contributed by atoms with Crippen LogP contribution in [0.1, 0.15) is 37.4 Å². The van der Waals surface area contributed by atoms with E-state index < -0.39 is 6.03 Å². The Hall–Kier alpha value is -2.53. The number of amides is 2. The van der Waals surface area contributed by atoms with Crippen LogP contribution in [-0.4, -0.2) is 19.2 Å². The Balaban J connectivity index is 1.82. The first kappa shape index (κ1) is 18.8. The number of methoxy groups -OCH3 is 1. The lowest BCUT2D eigenvalue weighted by Gasteiger charge is -2.21. The number of nitrogens with one attached hydrogen (secondary N) is 2. The van der Waals surface area contributed by atoms with Gasteiger partial charge in [-0.3, -0.25) is 0 Å². The highest BCUT2D eigenvalue weighted by atomic mass is 16.5. The zero-order chi connectivity index (χ0) is 18.2. The van der Waals surface area contributed by atoms with E-state index in [0.29, 0.717) is 11.7 Å². The van der Waals surface area contributed by atoms with Gasteiger partial charge in [0.15, 0.2) is 0 Å². The molecule has 25 heavy (non-hydrogen) atoms. The van der Waals surface area contributed by atoms with Gasteiger partial charge in [0.2, 0.25) is 0 Å². The fraction of sp³-hybridized carbons (Fsp3) is 0.350. The van der Waals surface area contributed by atoms with Crippen molar-refractivity contribution in [2.75, 3.05) is 12.4 Å². The molecule has 0 spiro atoms. The number of urea groups is 1. The lowest BCUT2D eigenvalue weighted by Crippen LogP contribution is -2.29. The molecule has 0 aliphatic carbocycles. The van der Waals surface area contributed by atoms with Gasteiger partial charge in [0.1, 0.15) is 5.75 Å². The summed E-state index contributed by atoms with van der Waals surface area (Å²) in [7, 11) is 1.68. The van der Waals surface area contributed by atoms with Crippen molar-refractivity contribution in [3.05, 3.63) is 59.7 Å². The van der Waals surface area contributed by atoms with Crippen molar-refractivity contribution < 1.29 is 9.53 Å². The van der Waals surface area contributed by atoms with Gasteiger partial charge in [-0.2, -0.15) is 0 Å². The number of hydrogen-bond acceptors (Lipinski definition) is 3. The van der Waals surface area contributed by atoms with Crippen molar-refractivity contribution in [2.45, 2.75) is 38.8 Å². The number of primary amides is 1. The molecule has 134 valence electrons. The Kier molecular flexibility index (Phi) is 6.83. The molecule has 0 aliphatic rings. The molecule has 5 nitrogen and oxygen atoms in total. The summed E-state index contributed by atoms with van der Waals surface area (Å²) in [5.41, 5.74) is 8.30. The van der Waals surface area contributed by atoms with Crippen LogP contribution in [0.2, 0.25) is 0 Å². The van der Waals surface area contributed by atoms with E-state index in [9.17, 15) is 4.79 Å². The van der Waals surface area contributed by atoms with Gasteiger partial charge in [-0.25, -0.2) is 4.79 Å². The van der Waals surface area contributed by atoms with E-state index in [1.54, 1.807) is 7.11 Å². The summed E-state index contributed by atoms with van der Waals surface area (Å²) >= 11 is 0. The number of carbonyl (C=O) groups is 1. The molecule has 0 bridgehead atoms. The zero-order valence-corrected chi connectivity index (χ0v) is 15.1. The first-order valence-corrected chi connectivity index (χ1v) is 8.53. The van der Waals surface area contributed by atoms with Crippen molar-refractivity contribution in [3.8, 4) is 5.75 Å². The second kappa shape index (κ2) is 9.08. The van der Waals surface area contributed by atoms with Crippen LogP contribution in [0.5, 0.6) is 5.75 Å². The molecule has 0 saturated carbocycles. The van der Waals surface area contributed by atoms with Crippen LogP contribution in [0.3, 0.4) is 0 Å². The van der Waals surface area contributed by atoms with Crippen molar-refractivity contribution in [3.63, 3.8) is 0 Å². The fourth-order valence-electron chi connectivity index (χ4n) is 2.78. The molecule has 2 rings (SSSR count). The predicted molar refractivity (Wildman–Crippen MR) is 102 cm³/mol. The molecule has 2 atom stereocenters. The third-order valence-electron chi connectivity index (χ3n) is 4.24. The maximum absolute atomic E-state index is 10.8. The molecule has 0 aliphatic heterocycles. The molecule has 0 aromatic heterocycles. The number of ether oxygens (including phenoxy) is 1. The third-order valence-corrected chi connectivity index (χ3v) is 4.24. The van der Waals surface area contributed by atoms with Gasteiger partial charge >= 0.3 is 6.03 Å². The summed E-state index contributed by atoms with van der Waals surface area (Å²) in [4.78, 5) is 10.8. The van der Waals surface area contributed by atoms with E-state index >= 15 is 0 Å². The topological polar surface area (TPSA) is 76.4 Å². The minimum Gasteiger partial charge on any atom is -0.497 e. The first-order chi connectivity index (χ1) is 12.0. The van der Waals surface area contributed by atoms with E-state index in [4.69, 9.17) is 10.5 Å². The van der Waals surface area contributed by atoms with Gasteiger partial charge in [-0.15, -0.1) is 0 Å². The number of aryl methyl sites for hydroxylation is 1. The molecular weight excluding hydrogens is 314 g/mol. The van der Waals surface area contributed by atoms with Crippen LogP contribution in [0, 0.1) is 0 Å². The Morgan fingerprint density at radius 2 is 1.72 bits per heavy atom. The Morgan fingerprint density at radius 1 is 1.08 bits per heavy atom. The third kappa shape index (κ3) is 6.12. The summed E-state index contributed by atoms with van der Waals surface area (Å²) in [6, 6.07) is 16.0. The molecule has 0 saturated heterocycles. The van der Waals surface area contributed by atoms with Gasteiger partial charge in [-0.1, -0.05) is 24.3 Å². The fourth-order valence-corrected chi connectivity index (χ4v) is 2.78. The number of benzene rings is 2. The molecule has 0 heterocycles. The van der Waals surface area contributed by atoms with Gasteiger partial charge in [0.25, 0.3) is 0 Å². The van der Waals surface area contributed by atoms with E-state index in [2.05, 4.69) is 36.6 Å². The van der Waals surface area contributed by atoms with Crippen LogP contribution < -0.4 is 21.1 Å². The number of hydrogen-bond donors (Lipinski definition) is 3. The quantitative estimate of drug-likeness (QED) is 0.682. The van der Waals surface area contributed by atoms with Gasteiger partial charge in [-0.05, 0) is 62.1 Å². The van der Waals surface area contributed by atoms with Gasteiger partial charge < -0.3 is 21.1 Å². The van der Waals surface area contributed by atoms with Gasteiger partial charge in [0, 0.05) is 17.8 Å². The molecular formula is C20H27N3O2. The first-order valence-electron chi connectivity index (χ1n) is 8.53. The van der Waals surface area contributed by atoms with E-state index in [0.717, 1.165) is 18.6 Å². The van der Waals surface area contributed by atoms with E-state index in [1.807, 2.05) is 36.4 Å². The lowest BCUT2D eigenvalue weighted by molar-refractivity contribution is 0.259. The van der Waals surface area contributed by atoms with Crippen molar-refractivity contribution in [1.29, 1.82) is 0 Å². The Morgan fingerprint density at radius 3 is 2.28 bits per heavy atom.